The van der Waals surface area contributed by atoms with Crippen molar-refractivity contribution < 1.29 is 27.9 Å². The van der Waals surface area contributed by atoms with Crippen molar-refractivity contribution in [2.75, 3.05) is 11.9 Å². The first-order valence-corrected chi connectivity index (χ1v) is 14.5. The Kier molecular flexibility index (Phi) is 10.9. The minimum Gasteiger partial charge on any atom is -0.390 e. The molecule has 11 heteroatoms. The SMILES string of the molecule is CCc1ccccc1NC(=O)c1cc(C(=O)N[C@@H](Cc2ccccc2)[C@H](O)CNCc2cccc(C(F)(F)F)c2)nn1CC. The van der Waals surface area contributed by atoms with Crippen LogP contribution in [0.1, 0.15) is 57.1 Å². The lowest BCUT2D eigenvalue weighted by atomic mass is 10.0. The molecule has 0 spiro atoms. The molecule has 0 unspecified atom stereocenters. The number of carbonyl (C=O) groups is 2. The molecule has 4 aromatic rings. The Hall–Kier alpha value is -4.48. The lowest BCUT2D eigenvalue weighted by Crippen LogP contribution is -2.48. The van der Waals surface area contributed by atoms with E-state index in [1.807, 2.05) is 68.4 Å². The fourth-order valence-corrected chi connectivity index (χ4v) is 4.85. The van der Waals surface area contributed by atoms with E-state index >= 15 is 0 Å². The molecule has 44 heavy (non-hydrogen) atoms. The summed E-state index contributed by atoms with van der Waals surface area (Å²) in [6.45, 7) is 4.24. The highest BCUT2D eigenvalue weighted by Crippen LogP contribution is 2.29. The molecule has 2 atom stereocenters. The molecule has 232 valence electrons. The molecule has 8 nitrogen and oxygen atoms in total. The van der Waals surface area contributed by atoms with E-state index in [0.717, 1.165) is 29.7 Å². The molecule has 4 N–H and O–H groups in total. The van der Waals surface area contributed by atoms with Gasteiger partial charge in [-0.1, -0.05) is 73.7 Å². The fourth-order valence-electron chi connectivity index (χ4n) is 4.85. The van der Waals surface area contributed by atoms with E-state index in [-0.39, 0.29) is 30.9 Å². The number of alkyl halides is 3. The summed E-state index contributed by atoms with van der Waals surface area (Å²) in [4.78, 5) is 26.5. The number of para-hydroxylation sites is 1. The number of aliphatic hydroxyl groups excluding tert-OH is 1. The zero-order chi connectivity index (χ0) is 31.7. The molecule has 0 aliphatic heterocycles. The first-order valence-electron chi connectivity index (χ1n) is 14.5. The van der Waals surface area contributed by atoms with Crippen LogP contribution in [0.15, 0.2) is 84.9 Å². The molecule has 0 saturated heterocycles. The van der Waals surface area contributed by atoms with Crippen LogP contribution in [0.3, 0.4) is 0 Å². The van der Waals surface area contributed by atoms with Gasteiger partial charge in [-0.05, 0) is 48.6 Å². The van der Waals surface area contributed by atoms with Gasteiger partial charge in [0.25, 0.3) is 11.8 Å². The molecule has 0 bridgehead atoms. The van der Waals surface area contributed by atoms with E-state index in [2.05, 4.69) is 21.0 Å². The van der Waals surface area contributed by atoms with Gasteiger partial charge in [0.05, 0.1) is 17.7 Å². The second-order valence-electron chi connectivity index (χ2n) is 10.4. The largest absolute Gasteiger partial charge is 0.416 e. The molecule has 0 radical (unpaired) electrons. The molecule has 4 rings (SSSR count). The van der Waals surface area contributed by atoms with Gasteiger partial charge < -0.3 is 21.1 Å². The zero-order valence-corrected chi connectivity index (χ0v) is 24.6. The maximum atomic E-state index is 13.4. The van der Waals surface area contributed by atoms with Gasteiger partial charge >= 0.3 is 6.18 Å². The number of aryl methyl sites for hydroxylation is 2. The van der Waals surface area contributed by atoms with Crippen molar-refractivity contribution in [3.05, 3.63) is 119 Å². The molecule has 0 aliphatic carbocycles. The van der Waals surface area contributed by atoms with Crippen LogP contribution in [0.4, 0.5) is 18.9 Å². The van der Waals surface area contributed by atoms with Crippen LogP contribution in [0.25, 0.3) is 0 Å². The number of hydrogen-bond acceptors (Lipinski definition) is 5. The number of carbonyl (C=O) groups excluding carboxylic acids is 2. The standard InChI is InChI=1S/C33H36F3N5O3/c1-3-24-14-8-9-16-26(24)38-32(44)29-19-28(40-41(29)4-2)31(43)39-27(18-22-11-6-5-7-12-22)30(42)21-37-20-23-13-10-15-25(17-23)33(34,35)36/h5-17,19,27,30,37,42H,3-4,18,20-21H2,1-2H3,(H,38,44)(H,39,43)/t27-,30+/m0/s1. The summed E-state index contributed by atoms with van der Waals surface area (Å²) in [5.41, 5.74) is 2.41. The zero-order valence-electron chi connectivity index (χ0n) is 24.6. The Balaban J connectivity index is 1.47. The number of anilines is 1. The van der Waals surface area contributed by atoms with Crippen LogP contribution >= 0.6 is 0 Å². The van der Waals surface area contributed by atoms with Gasteiger partial charge in [-0.25, -0.2) is 0 Å². The normalized spacial score (nSPS) is 12.9. The third kappa shape index (κ3) is 8.55. The average Bonchev–Trinajstić information content (AvgIpc) is 3.46. The predicted molar refractivity (Wildman–Crippen MR) is 162 cm³/mol. The van der Waals surface area contributed by atoms with E-state index in [1.165, 1.54) is 16.8 Å². The number of benzene rings is 3. The van der Waals surface area contributed by atoms with Gasteiger partial charge in [-0.15, -0.1) is 0 Å². The smallest absolute Gasteiger partial charge is 0.390 e. The Morgan fingerprint density at radius 2 is 1.61 bits per heavy atom. The highest BCUT2D eigenvalue weighted by atomic mass is 19.4. The van der Waals surface area contributed by atoms with Crippen molar-refractivity contribution in [2.24, 2.45) is 0 Å². The molecule has 3 aromatic carbocycles. The van der Waals surface area contributed by atoms with Crippen molar-refractivity contribution in [3.63, 3.8) is 0 Å². The van der Waals surface area contributed by atoms with Crippen LogP contribution in [0.5, 0.6) is 0 Å². The molecule has 0 saturated carbocycles. The maximum absolute atomic E-state index is 13.4. The van der Waals surface area contributed by atoms with Crippen LogP contribution in [-0.4, -0.2) is 45.4 Å². The van der Waals surface area contributed by atoms with Gasteiger partial charge in [0.15, 0.2) is 5.69 Å². The Labute approximate surface area is 254 Å². The third-order valence-electron chi connectivity index (χ3n) is 7.21. The molecule has 1 aromatic heterocycles. The lowest BCUT2D eigenvalue weighted by molar-refractivity contribution is -0.137. The number of rotatable bonds is 13. The monoisotopic (exact) mass is 607 g/mol. The van der Waals surface area contributed by atoms with Gasteiger partial charge in [0, 0.05) is 31.4 Å². The Morgan fingerprint density at radius 1 is 0.909 bits per heavy atom. The predicted octanol–water partition coefficient (Wildman–Crippen LogP) is 5.23. The van der Waals surface area contributed by atoms with E-state index in [9.17, 15) is 27.9 Å². The summed E-state index contributed by atoms with van der Waals surface area (Å²) in [7, 11) is 0. The van der Waals surface area contributed by atoms with E-state index in [0.29, 0.717) is 17.8 Å². The van der Waals surface area contributed by atoms with Crippen LogP contribution in [0, 0.1) is 0 Å². The van der Waals surface area contributed by atoms with Crippen LogP contribution in [-0.2, 0) is 32.1 Å². The van der Waals surface area contributed by atoms with Crippen molar-refractivity contribution in [2.45, 2.75) is 58.1 Å². The summed E-state index contributed by atoms with van der Waals surface area (Å²) >= 11 is 0. The van der Waals surface area contributed by atoms with Crippen molar-refractivity contribution in [3.8, 4) is 0 Å². The quantitative estimate of drug-likeness (QED) is 0.167. The Morgan fingerprint density at radius 3 is 2.32 bits per heavy atom. The minimum atomic E-state index is -4.45. The molecule has 0 aliphatic rings. The Bertz CT molecular complexity index is 1560. The molecule has 1 heterocycles. The van der Waals surface area contributed by atoms with Gasteiger partial charge in [-0.3, -0.25) is 14.3 Å². The number of nitrogens with one attached hydrogen (secondary N) is 3. The second kappa shape index (κ2) is 14.8. The number of nitrogens with zero attached hydrogens (tertiary/aromatic N) is 2. The number of halogens is 3. The number of aliphatic hydroxyl groups is 1. The summed E-state index contributed by atoms with van der Waals surface area (Å²) in [5, 5.41) is 24.2. The second-order valence-corrected chi connectivity index (χ2v) is 10.4. The molecule has 0 fully saturated rings. The highest BCUT2D eigenvalue weighted by molar-refractivity contribution is 6.05. The average molecular weight is 608 g/mol. The summed E-state index contributed by atoms with van der Waals surface area (Å²) in [6.07, 6.45) is -4.52. The summed E-state index contributed by atoms with van der Waals surface area (Å²) in [5.74, 6) is -0.975. The van der Waals surface area contributed by atoms with Gasteiger partial charge in [0.2, 0.25) is 0 Å². The molecular formula is C33H36F3N5O3. The van der Waals surface area contributed by atoms with E-state index in [1.54, 1.807) is 6.07 Å². The number of aromatic nitrogens is 2. The molecular weight excluding hydrogens is 571 g/mol. The van der Waals surface area contributed by atoms with Crippen molar-refractivity contribution >= 4 is 17.5 Å². The van der Waals surface area contributed by atoms with E-state index < -0.39 is 35.7 Å². The van der Waals surface area contributed by atoms with Gasteiger partial charge in [-0.2, -0.15) is 18.3 Å². The first kappa shape index (κ1) is 32.4. The third-order valence-corrected chi connectivity index (χ3v) is 7.21. The van der Waals surface area contributed by atoms with E-state index in [4.69, 9.17) is 0 Å². The topological polar surface area (TPSA) is 108 Å². The lowest BCUT2D eigenvalue weighted by Gasteiger charge is -2.24. The van der Waals surface area contributed by atoms with Crippen molar-refractivity contribution in [1.82, 2.24) is 20.4 Å². The van der Waals surface area contributed by atoms with Crippen molar-refractivity contribution in [1.29, 1.82) is 0 Å². The van der Waals surface area contributed by atoms with Crippen LogP contribution < -0.4 is 16.0 Å². The first-order chi connectivity index (χ1) is 21.1. The minimum absolute atomic E-state index is 0.00190. The van der Waals surface area contributed by atoms with Crippen LogP contribution in [0.2, 0.25) is 0 Å². The fraction of sp³-hybridized carbons (Fsp3) is 0.303. The maximum Gasteiger partial charge on any atom is 0.416 e. The summed E-state index contributed by atoms with van der Waals surface area (Å²) in [6, 6.07) is 22.4. The number of amides is 2. The molecule has 2 amide bonds. The highest BCUT2D eigenvalue weighted by Gasteiger charge is 2.30. The van der Waals surface area contributed by atoms with Gasteiger partial charge in [0.1, 0.15) is 5.69 Å². The summed E-state index contributed by atoms with van der Waals surface area (Å²) < 4.78 is 40.7. The number of hydrogen-bond donors (Lipinski definition) is 4.